The van der Waals surface area contributed by atoms with Crippen molar-refractivity contribution in [3.8, 4) is 5.75 Å². The van der Waals surface area contributed by atoms with Crippen molar-refractivity contribution in [1.82, 2.24) is 0 Å². The van der Waals surface area contributed by atoms with E-state index in [-0.39, 0.29) is 0 Å². The van der Waals surface area contributed by atoms with Crippen LogP contribution in [0.4, 0.5) is 5.69 Å². The van der Waals surface area contributed by atoms with E-state index in [1.54, 1.807) is 0 Å². The SMILES string of the molecule is Clc1ccc(N=Cc2ccc(OCc3ccccc3)cc2)cc1. The fourth-order valence-electron chi connectivity index (χ4n) is 2.07. The van der Waals surface area contributed by atoms with E-state index in [4.69, 9.17) is 16.3 Å². The summed E-state index contributed by atoms with van der Waals surface area (Å²) in [7, 11) is 0. The topological polar surface area (TPSA) is 21.6 Å². The van der Waals surface area contributed by atoms with Gasteiger partial charge < -0.3 is 4.74 Å². The molecule has 3 aromatic rings. The van der Waals surface area contributed by atoms with Crippen molar-refractivity contribution < 1.29 is 4.74 Å². The molecule has 0 saturated heterocycles. The minimum Gasteiger partial charge on any atom is -0.489 e. The molecule has 0 atom stereocenters. The highest BCUT2D eigenvalue weighted by atomic mass is 35.5. The Hall–Kier alpha value is -2.58. The molecule has 0 aliphatic heterocycles. The van der Waals surface area contributed by atoms with Crippen LogP contribution >= 0.6 is 11.6 Å². The molecule has 3 aromatic carbocycles. The number of hydrogen-bond acceptors (Lipinski definition) is 2. The molecule has 3 rings (SSSR count). The van der Waals surface area contributed by atoms with Crippen LogP contribution in [-0.4, -0.2) is 6.21 Å². The Labute approximate surface area is 141 Å². The van der Waals surface area contributed by atoms with E-state index in [0.29, 0.717) is 11.6 Å². The molecule has 0 amide bonds. The number of aliphatic imine (C=N–C) groups is 1. The van der Waals surface area contributed by atoms with E-state index in [2.05, 4.69) is 4.99 Å². The van der Waals surface area contributed by atoms with Crippen molar-refractivity contribution >= 4 is 23.5 Å². The van der Waals surface area contributed by atoms with Gasteiger partial charge in [0.15, 0.2) is 0 Å². The minimum atomic E-state index is 0.569. The van der Waals surface area contributed by atoms with Crippen LogP contribution in [-0.2, 0) is 6.61 Å². The van der Waals surface area contributed by atoms with E-state index in [1.807, 2.05) is 85.1 Å². The minimum absolute atomic E-state index is 0.569. The van der Waals surface area contributed by atoms with Crippen molar-refractivity contribution in [2.75, 3.05) is 0 Å². The van der Waals surface area contributed by atoms with Crippen LogP contribution in [0.25, 0.3) is 0 Å². The van der Waals surface area contributed by atoms with E-state index < -0.39 is 0 Å². The summed E-state index contributed by atoms with van der Waals surface area (Å²) in [5.41, 5.74) is 3.05. The molecule has 0 aliphatic rings. The maximum atomic E-state index is 5.85. The van der Waals surface area contributed by atoms with Crippen molar-refractivity contribution in [1.29, 1.82) is 0 Å². The van der Waals surface area contributed by atoms with Crippen LogP contribution in [0.2, 0.25) is 5.02 Å². The molecule has 0 spiro atoms. The number of hydrogen-bond donors (Lipinski definition) is 0. The van der Waals surface area contributed by atoms with Gasteiger partial charge in [-0.2, -0.15) is 0 Å². The standard InChI is InChI=1S/C20H16ClNO/c21-18-8-10-19(11-9-18)22-14-16-6-12-20(13-7-16)23-15-17-4-2-1-3-5-17/h1-14H,15H2. The highest BCUT2D eigenvalue weighted by Crippen LogP contribution is 2.17. The zero-order valence-electron chi connectivity index (χ0n) is 12.5. The molecule has 0 radical (unpaired) electrons. The van der Waals surface area contributed by atoms with Gasteiger partial charge in [0.2, 0.25) is 0 Å². The van der Waals surface area contributed by atoms with Crippen LogP contribution < -0.4 is 4.74 Å². The smallest absolute Gasteiger partial charge is 0.119 e. The van der Waals surface area contributed by atoms with Crippen molar-refractivity contribution in [3.05, 3.63) is 95.0 Å². The third-order valence-corrected chi connectivity index (χ3v) is 3.57. The molecule has 0 unspecified atom stereocenters. The van der Waals surface area contributed by atoms with Crippen molar-refractivity contribution in [2.24, 2.45) is 4.99 Å². The summed E-state index contributed by atoms with van der Waals surface area (Å²) >= 11 is 5.85. The summed E-state index contributed by atoms with van der Waals surface area (Å²) in [5.74, 6) is 0.845. The van der Waals surface area contributed by atoms with Gasteiger partial charge in [0.1, 0.15) is 12.4 Å². The van der Waals surface area contributed by atoms with E-state index >= 15 is 0 Å². The normalized spacial score (nSPS) is 10.8. The Balaban J connectivity index is 1.59. The van der Waals surface area contributed by atoms with Gasteiger partial charge in [0.25, 0.3) is 0 Å². The molecule has 0 bridgehead atoms. The molecule has 114 valence electrons. The monoisotopic (exact) mass is 321 g/mol. The Bertz CT molecular complexity index is 765. The van der Waals surface area contributed by atoms with Gasteiger partial charge in [-0.05, 0) is 59.7 Å². The first kappa shape index (κ1) is 15.3. The fourth-order valence-corrected chi connectivity index (χ4v) is 2.19. The lowest BCUT2D eigenvalue weighted by molar-refractivity contribution is 0.306. The molecule has 0 aromatic heterocycles. The Morgan fingerprint density at radius 1 is 0.826 bits per heavy atom. The van der Waals surface area contributed by atoms with Gasteiger partial charge in [0.05, 0.1) is 5.69 Å². The summed E-state index contributed by atoms with van der Waals surface area (Å²) in [6.45, 7) is 0.569. The molecule has 23 heavy (non-hydrogen) atoms. The second kappa shape index (κ2) is 7.61. The van der Waals surface area contributed by atoms with Crippen molar-refractivity contribution in [3.63, 3.8) is 0 Å². The zero-order valence-corrected chi connectivity index (χ0v) is 13.3. The first-order valence-corrected chi connectivity index (χ1v) is 7.74. The van der Waals surface area contributed by atoms with Gasteiger partial charge in [0, 0.05) is 11.2 Å². The zero-order chi connectivity index (χ0) is 15.9. The van der Waals surface area contributed by atoms with Gasteiger partial charge in [-0.25, -0.2) is 0 Å². The predicted octanol–water partition coefficient (Wildman–Crippen LogP) is 5.67. The van der Waals surface area contributed by atoms with E-state index in [1.165, 1.54) is 0 Å². The van der Waals surface area contributed by atoms with Crippen molar-refractivity contribution in [2.45, 2.75) is 6.61 Å². The lowest BCUT2D eigenvalue weighted by Gasteiger charge is -2.06. The fraction of sp³-hybridized carbons (Fsp3) is 0.0500. The molecule has 2 nitrogen and oxygen atoms in total. The largest absolute Gasteiger partial charge is 0.489 e. The molecule has 0 aliphatic carbocycles. The van der Waals surface area contributed by atoms with Gasteiger partial charge in [-0.1, -0.05) is 41.9 Å². The van der Waals surface area contributed by atoms with Crippen LogP contribution in [0.5, 0.6) is 5.75 Å². The average Bonchev–Trinajstić information content (AvgIpc) is 2.61. The number of halogens is 1. The third kappa shape index (κ3) is 4.70. The molecule has 0 N–H and O–H groups in total. The maximum Gasteiger partial charge on any atom is 0.119 e. The number of benzene rings is 3. The first-order valence-electron chi connectivity index (χ1n) is 7.36. The second-order valence-electron chi connectivity index (χ2n) is 5.08. The second-order valence-corrected chi connectivity index (χ2v) is 5.51. The summed E-state index contributed by atoms with van der Waals surface area (Å²) in [6, 6.07) is 25.4. The predicted molar refractivity (Wildman–Crippen MR) is 95.9 cm³/mol. The average molecular weight is 322 g/mol. The highest BCUT2D eigenvalue weighted by molar-refractivity contribution is 6.30. The summed E-state index contributed by atoms with van der Waals surface area (Å²) in [5, 5.41) is 0.712. The first-order chi connectivity index (χ1) is 11.3. The lowest BCUT2D eigenvalue weighted by Crippen LogP contribution is -1.94. The van der Waals surface area contributed by atoms with Crippen LogP contribution in [0.1, 0.15) is 11.1 Å². The Morgan fingerprint density at radius 3 is 2.22 bits per heavy atom. The summed E-state index contributed by atoms with van der Waals surface area (Å²) < 4.78 is 5.76. The summed E-state index contributed by atoms with van der Waals surface area (Å²) in [4.78, 5) is 4.42. The third-order valence-electron chi connectivity index (χ3n) is 3.32. The quantitative estimate of drug-likeness (QED) is 0.555. The number of ether oxygens (including phenoxy) is 1. The Kier molecular flexibility index (Phi) is 5.07. The molecule has 0 heterocycles. The maximum absolute atomic E-state index is 5.85. The van der Waals surface area contributed by atoms with Crippen LogP contribution in [0.15, 0.2) is 83.9 Å². The van der Waals surface area contributed by atoms with Gasteiger partial charge in [-0.3, -0.25) is 4.99 Å². The van der Waals surface area contributed by atoms with E-state index in [9.17, 15) is 0 Å². The highest BCUT2D eigenvalue weighted by Gasteiger charge is 1.96. The van der Waals surface area contributed by atoms with E-state index in [0.717, 1.165) is 22.6 Å². The molecular weight excluding hydrogens is 306 g/mol. The molecule has 0 fully saturated rings. The van der Waals surface area contributed by atoms with Crippen LogP contribution in [0, 0.1) is 0 Å². The molecule has 3 heteroatoms. The van der Waals surface area contributed by atoms with Crippen LogP contribution in [0.3, 0.4) is 0 Å². The van der Waals surface area contributed by atoms with Gasteiger partial charge in [-0.15, -0.1) is 0 Å². The Morgan fingerprint density at radius 2 is 1.52 bits per heavy atom. The molecule has 0 saturated carbocycles. The molecular formula is C20H16ClNO. The number of nitrogens with zero attached hydrogens (tertiary/aromatic N) is 1. The lowest BCUT2D eigenvalue weighted by atomic mass is 10.2. The summed E-state index contributed by atoms with van der Waals surface area (Å²) in [6.07, 6.45) is 1.82. The number of rotatable bonds is 5. The van der Waals surface area contributed by atoms with Gasteiger partial charge >= 0.3 is 0 Å².